The summed E-state index contributed by atoms with van der Waals surface area (Å²) >= 11 is 3.82. The number of thioether (sulfide) groups is 2. The van der Waals surface area contributed by atoms with Gasteiger partial charge in [-0.1, -0.05) is 47.7 Å². The molecule has 0 atom stereocenters. The molecule has 3 N–H and O–H groups in total. The zero-order chi connectivity index (χ0) is 21.0. The lowest BCUT2D eigenvalue weighted by Gasteiger charge is -2.19. The van der Waals surface area contributed by atoms with Crippen molar-refractivity contribution in [3.05, 3.63) is 16.8 Å². The molecular weight excluding hydrogens is 428 g/mol. The Bertz CT molecular complexity index is 956. The summed E-state index contributed by atoms with van der Waals surface area (Å²) in [4.78, 5) is 23.4. The molecule has 1 aliphatic carbocycles. The van der Waals surface area contributed by atoms with Gasteiger partial charge < -0.3 is 15.6 Å². The second-order valence-corrected chi connectivity index (χ2v) is 10.2. The highest BCUT2D eigenvalue weighted by Gasteiger charge is 2.26. The van der Waals surface area contributed by atoms with Gasteiger partial charge in [-0.15, -0.1) is 10.2 Å². The molecule has 1 aliphatic rings. The molecule has 1 fully saturated rings. The fraction of sp³-hybridized carbons (Fsp3) is 0.500. The van der Waals surface area contributed by atoms with Crippen molar-refractivity contribution in [2.75, 3.05) is 16.8 Å². The van der Waals surface area contributed by atoms with Crippen LogP contribution in [0.15, 0.2) is 8.68 Å². The van der Waals surface area contributed by atoms with Crippen molar-refractivity contribution in [2.45, 2.75) is 54.3 Å². The lowest BCUT2D eigenvalue weighted by atomic mass is 10.2. The molecule has 2 aromatic heterocycles. The Kier molecular flexibility index (Phi) is 7.21. The van der Waals surface area contributed by atoms with Crippen molar-refractivity contribution < 1.29 is 9.59 Å². The standard InChI is InChI=1S/C18H22N6O2S3/c1-10-11(2)24(12-5-3-4-6-12)16(13(10)7-19)21-15(26)9-28-18-23-22-17(29-18)27-8-14(20)25/h12H,3-6,8-9H2,1-2H3,(H2,20,25)(H,21,26). The van der Waals surface area contributed by atoms with E-state index in [-0.39, 0.29) is 17.4 Å². The predicted octanol–water partition coefficient (Wildman–Crippen LogP) is 3.25. The van der Waals surface area contributed by atoms with Gasteiger partial charge in [0.05, 0.1) is 17.1 Å². The molecular formula is C18H22N6O2S3. The van der Waals surface area contributed by atoms with Crippen LogP contribution in [0.3, 0.4) is 0 Å². The molecule has 154 valence electrons. The lowest BCUT2D eigenvalue weighted by Crippen LogP contribution is -2.19. The van der Waals surface area contributed by atoms with Crippen LogP contribution in [0, 0.1) is 25.2 Å². The first-order valence-electron chi connectivity index (χ1n) is 9.19. The van der Waals surface area contributed by atoms with E-state index >= 15 is 0 Å². The Balaban J connectivity index is 1.67. The number of amides is 2. The SMILES string of the molecule is Cc1c(C#N)c(NC(=O)CSc2nnc(SCC(N)=O)s2)n(C2CCCC2)c1C. The summed E-state index contributed by atoms with van der Waals surface area (Å²) in [6.45, 7) is 3.93. The first-order chi connectivity index (χ1) is 13.9. The van der Waals surface area contributed by atoms with Gasteiger partial charge in [-0.25, -0.2) is 0 Å². The van der Waals surface area contributed by atoms with Crippen molar-refractivity contribution >= 4 is 52.5 Å². The molecule has 0 unspecified atom stereocenters. The van der Waals surface area contributed by atoms with Crippen molar-refractivity contribution in [2.24, 2.45) is 5.73 Å². The molecule has 2 heterocycles. The number of hydrogen-bond donors (Lipinski definition) is 2. The Morgan fingerprint density at radius 2 is 1.86 bits per heavy atom. The van der Waals surface area contributed by atoms with E-state index in [2.05, 4.69) is 26.2 Å². The van der Waals surface area contributed by atoms with Crippen LogP contribution in [0.4, 0.5) is 5.82 Å². The Hall–Kier alpha value is -2.03. The van der Waals surface area contributed by atoms with Gasteiger partial charge in [0.2, 0.25) is 11.8 Å². The van der Waals surface area contributed by atoms with Crippen LogP contribution in [-0.2, 0) is 9.59 Å². The highest BCUT2D eigenvalue weighted by Crippen LogP contribution is 2.38. The number of nitriles is 1. The molecule has 11 heteroatoms. The van der Waals surface area contributed by atoms with Crippen LogP contribution in [0.25, 0.3) is 0 Å². The summed E-state index contributed by atoms with van der Waals surface area (Å²) in [5.74, 6) is 0.310. The number of nitrogens with two attached hydrogens (primary N) is 1. The van der Waals surface area contributed by atoms with Gasteiger partial charge in [-0.3, -0.25) is 9.59 Å². The number of rotatable bonds is 8. The second-order valence-electron chi connectivity index (χ2n) is 6.78. The van der Waals surface area contributed by atoms with Crippen molar-refractivity contribution in [1.29, 1.82) is 5.26 Å². The Morgan fingerprint density at radius 1 is 1.24 bits per heavy atom. The third kappa shape index (κ3) is 5.12. The maximum absolute atomic E-state index is 12.6. The second kappa shape index (κ2) is 9.65. The van der Waals surface area contributed by atoms with Crippen LogP contribution >= 0.6 is 34.9 Å². The molecule has 0 aliphatic heterocycles. The van der Waals surface area contributed by atoms with Crippen molar-refractivity contribution in [3.63, 3.8) is 0 Å². The maximum atomic E-state index is 12.6. The van der Waals surface area contributed by atoms with E-state index in [9.17, 15) is 14.9 Å². The monoisotopic (exact) mass is 450 g/mol. The first kappa shape index (κ1) is 21.7. The number of carbonyl (C=O) groups excluding carboxylic acids is 2. The normalized spacial score (nSPS) is 14.1. The maximum Gasteiger partial charge on any atom is 0.235 e. The summed E-state index contributed by atoms with van der Waals surface area (Å²) in [6, 6.07) is 2.58. The van der Waals surface area contributed by atoms with E-state index in [0.29, 0.717) is 26.1 Å². The predicted molar refractivity (Wildman–Crippen MR) is 115 cm³/mol. The number of aromatic nitrogens is 3. The topological polar surface area (TPSA) is 127 Å². The Morgan fingerprint density at radius 3 is 2.45 bits per heavy atom. The summed E-state index contributed by atoms with van der Waals surface area (Å²) in [5.41, 5.74) is 7.62. The molecule has 0 radical (unpaired) electrons. The number of hydrogen-bond acceptors (Lipinski definition) is 8. The van der Waals surface area contributed by atoms with Crippen LogP contribution < -0.4 is 11.1 Å². The minimum Gasteiger partial charge on any atom is -0.369 e. The molecule has 8 nitrogen and oxygen atoms in total. The van der Waals surface area contributed by atoms with Gasteiger partial charge in [-0.2, -0.15) is 5.26 Å². The van der Waals surface area contributed by atoms with E-state index in [1.54, 1.807) is 0 Å². The molecule has 0 spiro atoms. The zero-order valence-electron chi connectivity index (χ0n) is 16.2. The highest BCUT2D eigenvalue weighted by molar-refractivity contribution is 8.03. The molecule has 1 saturated carbocycles. The number of primary amides is 1. The third-order valence-corrected chi connectivity index (χ3v) is 8.08. The number of carbonyl (C=O) groups is 2. The smallest absolute Gasteiger partial charge is 0.235 e. The van der Waals surface area contributed by atoms with Gasteiger partial charge in [0.25, 0.3) is 0 Å². The molecule has 0 aromatic carbocycles. The number of nitrogens with one attached hydrogen (secondary N) is 1. The van der Waals surface area contributed by atoms with Gasteiger partial charge in [0.1, 0.15) is 11.9 Å². The number of nitrogens with zero attached hydrogens (tertiary/aromatic N) is 4. The number of anilines is 1. The molecule has 29 heavy (non-hydrogen) atoms. The van der Waals surface area contributed by atoms with E-state index in [1.165, 1.54) is 47.7 Å². The Labute approximate surface area is 181 Å². The largest absolute Gasteiger partial charge is 0.369 e. The minimum atomic E-state index is -0.414. The zero-order valence-corrected chi connectivity index (χ0v) is 18.7. The average Bonchev–Trinajstić information content (AvgIpc) is 3.40. The van der Waals surface area contributed by atoms with Gasteiger partial charge in [-0.05, 0) is 32.3 Å². The van der Waals surface area contributed by atoms with Crippen LogP contribution in [-0.4, -0.2) is 38.1 Å². The molecule has 2 aromatic rings. The van der Waals surface area contributed by atoms with Gasteiger partial charge in [0.15, 0.2) is 8.68 Å². The molecule has 2 amide bonds. The van der Waals surface area contributed by atoms with E-state index < -0.39 is 5.91 Å². The summed E-state index contributed by atoms with van der Waals surface area (Å²) < 4.78 is 3.42. The van der Waals surface area contributed by atoms with Crippen LogP contribution in [0.2, 0.25) is 0 Å². The van der Waals surface area contributed by atoms with Crippen molar-refractivity contribution in [1.82, 2.24) is 14.8 Å². The van der Waals surface area contributed by atoms with Crippen LogP contribution in [0.1, 0.15) is 48.5 Å². The third-order valence-electron chi connectivity index (χ3n) is 4.87. The summed E-state index contributed by atoms with van der Waals surface area (Å²) in [5, 5.41) is 20.6. The van der Waals surface area contributed by atoms with Crippen LogP contribution in [0.5, 0.6) is 0 Å². The summed E-state index contributed by atoms with van der Waals surface area (Å²) in [6.07, 6.45) is 4.46. The van der Waals surface area contributed by atoms with Crippen molar-refractivity contribution in [3.8, 4) is 6.07 Å². The minimum absolute atomic E-state index is 0.146. The average molecular weight is 451 g/mol. The fourth-order valence-electron chi connectivity index (χ4n) is 3.45. The quantitative estimate of drug-likeness (QED) is 0.591. The first-order valence-corrected chi connectivity index (χ1v) is 12.0. The fourth-order valence-corrected chi connectivity index (χ4v) is 6.01. The van der Waals surface area contributed by atoms with E-state index in [1.807, 2.05) is 13.8 Å². The molecule has 0 bridgehead atoms. The summed E-state index contributed by atoms with van der Waals surface area (Å²) in [7, 11) is 0. The van der Waals surface area contributed by atoms with Gasteiger partial charge >= 0.3 is 0 Å². The van der Waals surface area contributed by atoms with E-state index in [4.69, 9.17) is 5.73 Å². The lowest BCUT2D eigenvalue weighted by molar-refractivity contribution is -0.115. The van der Waals surface area contributed by atoms with Gasteiger partial charge in [0, 0.05) is 11.7 Å². The van der Waals surface area contributed by atoms with E-state index in [0.717, 1.165) is 24.1 Å². The highest BCUT2D eigenvalue weighted by atomic mass is 32.2. The molecule has 0 saturated heterocycles. The molecule has 3 rings (SSSR count).